The van der Waals surface area contributed by atoms with Gasteiger partial charge in [-0.25, -0.2) is 9.18 Å². The van der Waals surface area contributed by atoms with Crippen molar-refractivity contribution in [3.8, 4) is 0 Å². The van der Waals surface area contributed by atoms with E-state index in [2.05, 4.69) is 0 Å². The van der Waals surface area contributed by atoms with Gasteiger partial charge < -0.3 is 14.6 Å². The smallest absolute Gasteiger partial charge is 0.328 e. The predicted molar refractivity (Wildman–Crippen MR) is 78.4 cm³/mol. The summed E-state index contributed by atoms with van der Waals surface area (Å²) in [5.74, 6) is -1.47. The van der Waals surface area contributed by atoms with Crippen molar-refractivity contribution in [1.29, 1.82) is 0 Å². The summed E-state index contributed by atoms with van der Waals surface area (Å²) in [4.78, 5) is 10.4. The van der Waals surface area contributed by atoms with E-state index in [1.807, 2.05) is 13.8 Å². The van der Waals surface area contributed by atoms with E-state index in [9.17, 15) is 9.18 Å². The van der Waals surface area contributed by atoms with Crippen molar-refractivity contribution in [1.82, 2.24) is 0 Å². The molecule has 1 N–H and O–H groups in total. The number of aliphatic carboxylic acids is 1. The third kappa shape index (κ3) is 6.51. The molecule has 1 aromatic rings. The molecule has 0 amide bonds. The van der Waals surface area contributed by atoms with Gasteiger partial charge in [-0.1, -0.05) is 12.1 Å². The van der Waals surface area contributed by atoms with Crippen LogP contribution in [-0.2, 0) is 20.9 Å². The van der Waals surface area contributed by atoms with Crippen molar-refractivity contribution in [3.05, 3.63) is 41.2 Å². The lowest BCUT2D eigenvalue weighted by Gasteiger charge is -2.22. The second-order valence-electron chi connectivity index (χ2n) is 5.29. The molecule has 4 nitrogen and oxygen atoms in total. The zero-order chi connectivity index (χ0) is 15.9. The molecule has 1 aromatic carbocycles. The minimum atomic E-state index is -1.07. The molecule has 0 aliphatic heterocycles. The fraction of sp³-hybridized carbons (Fsp3) is 0.438. The van der Waals surface area contributed by atoms with Crippen LogP contribution in [0.5, 0.6) is 0 Å². The van der Waals surface area contributed by atoms with Crippen molar-refractivity contribution in [2.45, 2.75) is 32.5 Å². The Labute approximate surface area is 124 Å². The number of hydrogen-bond acceptors (Lipinski definition) is 3. The first kappa shape index (κ1) is 17.3. The summed E-state index contributed by atoms with van der Waals surface area (Å²) in [6.45, 7) is 4.57. The first-order valence-electron chi connectivity index (χ1n) is 6.66. The zero-order valence-electron chi connectivity index (χ0n) is 12.6. The molecule has 1 rings (SSSR count). The van der Waals surface area contributed by atoms with Crippen molar-refractivity contribution < 1.29 is 23.8 Å². The molecule has 0 unspecified atom stereocenters. The summed E-state index contributed by atoms with van der Waals surface area (Å²) in [7, 11) is 1.64. The van der Waals surface area contributed by atoms with Gasteiger partial charge in [-0.05, 0) is 38.0 Å². The Hall–Kier alpha value is -1.72. The number of ether oxygens (including phenoxy) is 2. The highest BCUT2D eigenvalue weighted by Crippen LogP contribution is 2.15. The highest BCUT2D eigenvalue weighted by Gasteiger charge is 2.15. The molecule has 116 valence electrons. The Balaban J connectivity index is 2.52. The number of carboxylic acids is 1. The summed E-state index contributed by atoms with van der Waals surface area (Å²) >= 11 is 0. The van der Waals surface area contributed by atoms with Crippen LogP contribution >= 0.6 is 0 Å². The predicted octanol–water partition coefficient (Wildman–Crippen LogP) is 3.26. The van der Waals surface area contributed by atoms with Gasteiger partial charge in [-0.15, -0.1) is 0 Å². The summed E-state index contributed by atoms with van der Waals surface area (Å²) in [5.41, 5.74) is 0.682. The lowest BCUT2D eigenvalue weighted by molar-refractivity contribution is -0.131. The standard InChI is InChI=1S/C16H21FO4/c1-16(2,20-3)8-9-21-11-13-6-4-12(10-14(13)17)5-7-15(18)19/h4-7,10H,8-9,11H2,1-3H3,(H,18,19)/b7-5+. The maximum absolute atomic E-state index is 13.8. The van der Waals surface area contributed by atoms with Gasteiger partial charge in [-0.3, -0.25) is 0 Å². The third-order valence-electron chi connectivity index (χ3n) is 3.15. The fourth-order valence-electron chi connectivity index (χ4n) is 1.55. The molecule has 0 radical (unpaired) electrons. The molecule has 0 spiro atoms. The first-order chi connectivity index (χ1) is 9.84. The number of methoxy groups -OCH3 is 1. The topological polar surface area (TPSA) is 55.8 Å². The lowest BCUT2D eigenvalue weighted by Crippen LogP contribution is -2.24. The molecule has 0 saturated heterocycles. The number of rotatable bonds is 8. The maximum Gasteiger partial charge on any atom is 0.328 e. The number of carboxylic acid groups (broad SMARTS) is 1. The van der Waals surface area contributed by atoms with E-state index in [4.69, 9.17) is 14.6 Å². The van der Waals surface area contributed by atoms with E-state index in [1.165, 1.54) is 12.1 Å². The van der Waals surface area contributed by atoms with Gasteiger partial charge in [0.1, 0.15) is 5.82 Å². The molecule has 21 heavy (non-hydrogen) atoms. The number of hydrogen-bond donors (Lipinski definition) is 1. The Kier molecular flexibility index (Phi) is 6.52. The SMILES string of the molecule is COC(C)(C)CCOCc1ccc(/C=C/C(=O)O)cc1F. The minimum absolute atomic E-state index is 0.175. The van der Waals surface area contributed by atoms with Crippen LogP contribution in [0.15, 0.2) is 24.3 Å². The van der Waals surface area contributed by atoms with Gasteiger partial charge >= 0.3 is 5.97 Å². The molecular weight excluding hydrogens is 275 g/mol. The highest BCUT2D eigenvalue weighted by atomic mass is 19.1. The summed E-state index contributed by atoms with van der Waals surface area (Å²) < 4.78 is 24.5. The zero-order valence-corrected chi connectivity index (χ0v) is 12.6. The quantitative estimate of drug-likeness (QED) is 0.591. The summed E-state index contributed by atoms with van der Waals surface area (Å²) in [5, 5.41) is 8.52. The van der Waals surface area contributed by atoms with Crippen LogP contribution in [0.2, 0.25) is 0 Å². The largest absolute Gasteiger partial charge is 0.478 e. The summed E-state index contributed by atoms with van der Waals surface area (Å²) in [6.07, 6.45) is 3.03. The van der Waals surface area contributed by atoms with Gasteiger partial charge in [-0.2, -0.15) is 0 Å². The Morgan fingerprint density at radius 3 is 2.71 bits per heavy atom. The molecule has 5 heteroatoms. The van der Waals surface area contributed by atoms with Gasteiger partial charge in [0.2, 0.25) is 0 Å². The molecule has 0 atom stereocenters. The fourth-order valence-corrected chi connectivity index (χ4v) is 1.55. The van der Waals surface area contributed by atoms with Crippen LogP contribution in [0.1, 0.15) is 31.4 Å². The van der Waals surface area contributed by atoms with Crippen molar-refractivity contribution in [3.63, 3.8) is 0 Å². The minimum Gasteiger partial charge on any atom is -0.478 e. The van der Waals surface area contributed by atoms with Crippen LogP contribution < -0.4 is 0 Å². The monoisotopic (exact) mass is 296 g/mol. The van der Waals surface area contributed by atoms with Gasteiger partial charge in [0.05, 0.1) is 12.2 Å². The first-order valence-corrected chi connectivity index (χ1v) is 6.66. The number of carbonyl (C=O) groups is 1. The average Bonchev–Trinajstić information content (AvgIpc) is 2.43. The van der Waals surface area contributed by atoms with Crippen LogP contribution in [0.4, 0.5) is 4.39 Å². The van der Waals surface area contributed by atoms with Crippen LogP contribution in [0.25, 0.3) is 6.08 Å². The average molecular weight is 296 g/mol. The molecule has 0 heterocycles. The Morgan fingerprint density at radius 2 is 2.14 bits per heavy atom. The Bertz CT molecular complexity index is 509. The van der Waals surface area contributed by atoms with Crippen molar-refractivity contribution in [2.24, 2.45) is 0 Å². The van der Waals surface area contributed by atoms with Crippen molar-refractivity contribution >= 4 is 12.0 Å². The van der Waals surface area contributed by atoms with Gasteiger partial charge in [0, 0.05) is 25.4 Å². The molecule has 0 aliphatic rings. The normalized spacial score (nSPS) is 12.0. The van der Waals surface area contributed by atoms with Crippen molar-refractivity contribution in [2.75, 3.05) is 13.7 Å². The second kappa shape index (κ2) is 7.90. The molecule has 0 saturated carbocycles. The second-order valence-corrected chi connectivity index (χ2v) is 5.29. The van der Waals surface area contributed by atoms with E-state index < -0.39 is 11.8 Å². The van der Waals surface area contributed by atoms with E-state index >= 15 is 0 Å². The lowest BCUT2D eigenvalue weighted by atomic mass is 10.1. The van der Waals surface area contributed by atoms with Gasteiger partial charge in [0.25, 0.3) is 0 Å². The van der Waals surface area contributed by atoms with Gasteiger partial charge in [0.15, 0.2) is 0 Å². The van der Waals surface area contributed by atoms with E-state index in [1.54, 1.807) is 19.2 Å². The molecular formula is C16H21FO4. The molecule has 0 aromatic heterocycles. The third-order valence-corrected chi connectivity index (χ3v) is 3.15. The van der Waals surface area contributed by atoms with Crippen LogP contribution in [0.3, 0.4) is 0 Å². The summed E-state index contributed by atoms with van der Waals surface area (Å²) in [6, 6.07) is 4.54. The van der Waals surface area contributed by atoms with E-state index in [-0.39, 0.29) is 12.2 Å². The van der Waals surface area contributed by atoms with E-state index in [0.29, 0.717) is 24.2 Å². The van der Waals surface area contributed by atoms with E-state index in [0.717, 1.165) is 6.08 Å². The number of benzene rings is 1. The van der Waals surface area contributed by atoms with Crippen LogP contribution in [0, 0.1) is 5.82 Å². The maximum atomic E-state index is 13.8. The molecule has 0 bridgehead atoms. The number of halogens is 1. The highest BCUT2D eigenvalue weighted by molar-refractivity contribution is 5.85. The molecule has 0 aliphatic carbocycles. The Morgan fingerprint density at radius 1 is 1.43 bits per heavy atom. The van der Waals surface area contributed by atoms with Crippen LogP contribution in [-0.4, -0.2) is 30.4 Å². The molecule has 0 fully saturated rings.